The second-order valence-corrected chi connectivity index (χ2v) is 10.3. The van der Waals surface area contributed by atoms with Crippen molar-refractivity contribution in [3.05, 3.63) is 0 Å². The molecule has 5 N–H and O–H groups in total. The van der Waals surface area contributed by atoms with Crippen molar-refractivity contribution in [1.29, 1.82) is 0 Å². The number of nitrogens with two attached hydrogens (primary N) is 1. The van der Waals surface area contributed by atoms with Crippen molar-refractivity contribution in [2.24, 2.45) is 5.73 Å². The lowest BCUT2D eigenvalue weighted by Gasteiger charge is -2.17. The number of ether oxygens (including phenoxy) is 2. The molecule has 212 valence electrons. The van der Waals surface area contributed by atoms with Gasteiger partial charge in [0.15, 0.2) is 6.04 Å². The van der Waals surface area contributed by atoms with Crippen LogP contribution in [-0.4, -0.2) is 73.5 Å². The maximum Gasteiger partial charge on any atom is 0.407 e. The van der Waals surface area contributed by atoms with Gasteiger partial charge in [0.25, 0.3) is 0 Å². The molecular weight excluding hydrogens is 482 g/mol. The van der Waals surface area contributed by atoms with Gasteiger partial charge in [0, 0.05) is 18.1 Å². The van der Waals surface area contributed by atoms with Gasteiger partial charge < -0.3 is 30.9 Å². The predicted molar refractivity (Wildman–Crippen MR) is 146 cm³/mol. The van der Waals surface area contributed by atoms with Gasteiger partial charge in [-0.15, -0.1) is 0 Å². The molecule has 0 unspecified atom stereocenters. The fourth-order valence-corrected chi connectivity index (χ4v) is 4.41. The number of carbonyl (C=O) groups is 3. The smallest absolute Gasteiger partial charge is 0.407 e. The van der Waals surface area contributed by atoms with E-state index in [0.29, 0.717) is 12.3 Å². The van der Waals surface area contributed by atoms with Gasteiger partial charge >= 0.3 is 12.1 Å². The Hall–Kier alpha value is -1.52. The van der Waals surface area contributed by atoms with Crippen molar-refractivity contribution in [1.82, 2.24) is 10.6 Å². The van der Waals surface area contributed by atoms with Crippen molar-refractivity contribution in [3.63, 3.8) is 0 Å². The van der Waals surface area contributed by atoms with Crippen LogP contribution in [0.15, 0.2) is 0 Å². The summed E-state index contributed by atoms with van der Waals surface area (Å²) in [6.07, 6.45) is 17.8. The van der Waals surface area contributed by atoms with Crippen molar-refractivity contribution < 1.29 is 29.0 Å². The second kappa shape index (κ2) is 25.1. The summed E-state index contributed by atoms with van der Waals surface area (Å²) in [4.78, 5) is 35.1. The largest absolute Gasteiger partial charge is 0.467 e. The number of carbonyl (C=O) groups excluding carboxylic acids is 3. The number of hydrogen-bond acceptors (Lipinski definition) is 8. The Bertz CT molecular complexity index is 568. The molecule has 0 spiro atoms. The van der Waals surface area contributed by atoms with Crippen LogP contribution in [0.5, 0.6) is 0 Å². The van der Waals surface area contributed by atoms with E-state index in [1.54, 1.807) is 0 Å². The van der Waals surface area contributed by atoms with Gasteiger partial charge in [-0.2, -0.15) is 11.8 Å². The van der Waals surface area contributed by atoms with Crippen LogP contribution in [-0.2, 0) is 19.1 Å². The number of hydrogen-bond donors (Lipinski definition) is 4. The Morgan fingerprint density at radius 1 is 0.889 bits per heavy atom. The van der Waals surface area contributed by atoms with Crippen molar-refractivity contribution in [3.8, 4) is 0 Å². The first-order valence-electron chi connectivity index (χ1n) is 13.7. The Kier molecular flexibility index (Phi) is 24.1. The molecule has 10 heteroatoms. The normalized spacial score (nSPS) is 12.6. The number of alkyl carbamates (subject to hydrolysis) is 1. The Labute approximate surface area is 222 Å². The van der Waals surface area contributed by atoms with Gasteiger partial charge in [0.2, 0.25) is 5.91 Å². The molecule has 36 heavy (non-hydrogen) atoms. The lowest BCUT2D eigenvalue weighted by Crippen LogP contribution is -2.51. The third kappa shape index (κ3) is 20.7. The summed E-state index contributed by atoms with van der Waals surface area (Å²) < 4.78 is 9.61. The van der Waals surface area contributed by atoms with E-state index in [2.05, 4.69) is 22.3 Å². The van der Waals surface area contributed by atoms with Crippen LogP contribution in [0, 0.1) is 0 Å². The van der Waals surface area contributed by atoms with Gasteiger partial charge in [-0.25, -0.2) is 9.59 Å². The summed E-state index contributed by atoms with van der Waals surface area (Å²) in [5.41, 5.74) is 5.79. The molecule has 0 aromatic carbocycles. The van der Waals surface area contributed by atoms with Crippen LogP contribution in [0.3, 0.4) is 0 Å². The van der Waals surface area contributed by atoms with Crippen LogP contribution in [0.2, 0.25) is 0 Å². The van der Waals surface area contributed by atoms with Gasteiger partial charge in [-0.05, 0) is 6.42 Å². The van der Waals surface area contributed by atoms with Crippen LogP contribution < -0.4 is 16.4 Å². The topological polar surface area (TPSA) is 140 Å². The molecule has 0 aliphatic rings. The van der Waals surface area contributed by atoms with E-state index in [0.717, 1.165) is 12.8 Å². The summed E-state index contributed by atoms with van der Waals surface area (Å²) in [6.45, 7) is 2.51. The van der Waals surface area contributed by atoms with E-state index in [4.69, 9.17) is 15.6 Å². The molecule has 0 aliphatic carbocycles. The third-order valence-electron chi connectivity index (χ3n) is 5.88. The molecule has 0 aromatic heterocycles. The maximum absolute atomic E-state index is 12.0. The molecule has 0 rings (SSSR count). The summed E-state index contributed by atoms with van der Waals surface area (Å²) in [5.74, 6) is -0.513. The van der Waals surface area contributed by atoms with E-state index in [1.165, 1.54) is 95.9 Å². The zero-order valence-corrected chi connectivity index (χ0v) is 23.4. The molecular formula is C26H51N3O6S. The first-order valence-corrected chi connectivity index (χ1v) is 14.8. The molecule has 9 nitrogen and oxygen atoms in total. The minimum atomic E-state index is -1.13. The molecule has 0 bridgehead atoms. The Morgan fingerprint density at radius 3 is 1.92 bits per heavy atom. The maximum atomic E-state index is 12.0. The van der Waals surface area contributed by atoms with Gasteiger partial charge in [0.05, 0.1) is 19.8 Å². The number of aliphatic hydroxyl groups is 1. The van der Waals surface area contributed by atoms with Gasteiger partial charge in [-0.1, -0.05) is 90.4 Å². The molecule has 0 saturated carbocycles. The number of esters is 1. The highest BCUT2D eigenvalue weighted by Gasteiger charge is 2.23. The van der Waals surface area contributed by atoms with Crippen LogP contribution in [0.25, 0.3) is 0 Å². The minimum Gasteiger partial charge on any atom is -0.467 e. The van der Waals surface area contributed by atoms with Gasteiger partial charge in [0.1, 0.15) is 6.61 Å². The standard InChI is InChI=1S/C26H51N3O6S/c1-3-4-5-6-7-8-9-10-11-12-13-14-15-16-17-28-26(33)35-18-19-36-21-22(27)24(31)29-23(20-30)25(32)34-2/h22-23,30H,3-21,27H2,1-2H3,(H,28,33)(H,29,31)/t22-,23-/m0/s1. The number of aliphatic hydroxyl groups excluding tert-OH is 1. The Morgan fingerprint density at radius 2 is 1.42 bits per heavy atom. The zero-order valence-electron chi connectivity index (χ0n) is 22.6. The SMILES string of the molecule is CCCCCCCCCCCCCCCCNC(=O)OCCSC[C@H](N)C(=O)N[C@@H](CO)C(=O)OC. The number of thioether (sulfide) groups is 1. The molecule has 2 atom stereocenters. The van der Waals surface area contributed by atoms with Gasteiger partial charge in [-0.3, -0.25) is 4.79 Å². The predicted octanol–water partition coefficient (Wildman–Crippen LogP) is 3.90. The lowest BCUT2D eigenvalue weighted by molar-refractivity contribution is -0.146. The summed E-state index contributed by atoms with van der Waals surface area (Å²) in [5, 5.41) is 14.2. The number of amides is 2. The average molecular weight is 534 g/mol. The monoisotopic (exact) mass is 533 g/mol. The molecule has 0 aliphatic heterocycles. The fraction of sp³-hybridized carbons (Fsp3) is 0.885. The molecule has 0 fully saturated rings. The zero-order chi connectivity index (χ0) is 26.9. The number of unbranched alkanes of at least 4 members (excludes halogenated alkanes) is 13. The first-order chi connectivity index (χ1) is 17.5. The average Bonchev–Trinajstić information content (AvgIpc) is 2.88. The molecule has 0 radical (unpaired) electrons. The van der Waals surface area contributed by atoms with E-state index >= 15 is 0 Å². The highest BCUT2D eigenvalue weighted by Crippen LogP contribution is 2.12. The van der Waals surface area contributed by atoms with E-state index in [9.17, 15) is 14.4 Å². The molecule has 2 amide bonds. The molecule has 0 heterocycles. The number of methoxy groups -OCH3 is 1. The van der Waals surface area contributed by atoms with Crippen LogP contribution >= 0.6 is 11.8 Å². The quantitative estimate of drug-likeness (QED) is 0.108. The van der Waals surface area contributed by atoms with Crippen LogP contribution in [0.1, 0.15) is 96.8 Å². The highest BCUT2D eigenvalue weighted by atomic mass is 32.2. The summed E-state index contributed by atoms with van der Waals surface area (Å²) in [7, 11) is 1.17. The van der Waals surface area contributed by atoms with Crippen molar-refractivity contribution in [2.45, 2.75) is 109 Å². The highest BCUT2D eigenvalue weighted by molar-refractivity contribution is 7.99. The van der Waals surface area contributed by atoms with E-state index in [1.807, 2.05) is 0 Å². The summed E-state index contributed by atoms with van der Waals surface area (Å²) >= 11 is 1.36. The molecule has 0 saturated heterocycles. The minimum absolute atomic E-state index is 0.213. The second-order valence-electron chi connectivity index (χ2n) is 9.11. The Balaban J connectivity index is 3.50. The van der Waals surface area contributed by atoms with Crippen molar-refractivity contribution >= 4 is 29.7 Å². The molecule has 0 aromatic rings. The van der Waals surface area contributed by atoms with Crippen molar-refractivity contribution in [2.75, 3.05) is 38.4 Å². The number of rotatable bonds is 24. The van der Waals surface area contributed by atoms with E-state index in [-0.39, 0.29) is 12.4 Å². The fourth-order valence-electron chi connectivity index (χ4n) is 3.64. The van der Waals surface area contributed by atoms with Crippen LogP contribution in [0.4, 0.5) is 4.79 Å². The number of nitrogens with one attached hydrogen (secondary N) is 2. The lowest BCUT2D eigenvalue weighted by atomic mass is 10.0. The third-order valence-corrected chi connectivity index (χ3v) is 6.93. The first kappa shape index (κ1) is 34.5. The summed E-state index contributed by atoms with van der Waals surface area (Å²) in [6, 6.07) is -1.99. The van der Waals surface area contributed by atoms with E-state index < -0.39 is 36.7 Å².